The van der Waals surface area contributed by atoms with E-state index >= 15 is 0 Å². The Hall–Kier alpha value is -1.45. The highest BCUT2D eigenvalue weighted by Crippen LogP contribution is 2.27. The molecule has 0 radical (unpaired) electrons. The Labute approximate surface area is 121 Å². The Bertz CT molecular complexity index is 641. The fraction of sp³-hybridized carbons (Fsp3) is 0.250. The van der Waals surface area contributed by atoms with E-state index in [1.54, 1.807) is 12.1 Å². The maximum absolute atomic E-state index is 13.6. The Kier molecular flexibility index (Phi) is 4.41. The van der Waals surface area contributed by atoms with Crippen LogP contribution in [0, 0.1) is 25.5 Å². The summed E-state index contributed by atoms with van der Waals surface area (Å²) in [6, 6.07) is 6.93. The highest BCUT2D eigenvalue weighted by atomic mass is 35.5. The normalized spacial score (nSPS) is 12.5. The molecule has 0 saturated heterocycles. The molecule has 2 aromatic carbocycles. The van der Waals surface area contributed by atoms with Crippen LogP contribution >= 0.6 is 11.6 Å². The molecule has 20 heavy (non-hydrogen) atoms. The molecule has 1 nitrogen and oxygen atoms in total. The van der Waals surface area contributed by atoms with Gasteiger partial charge in [-0.15, -0.1) is 0 Å². The van der Waals surface area contributed by atoms with Gasteiger partial charge in [0.1, 0.15) is 11.6 Å². The zero-order chi connectivity index (χ0) is 14.9. The number of rotatable bonds is 3. The SMILES string of the molecule is Cc1cc(C(O)Cc2ccc(F)cc2F)c(C)cc1Cl. The van der Waals surface area contributed by atoms with Gasteiger partial charge in [0.25, 0.3) is 0 Å². The average Bonchev–Trinajstić information content (AvgIpc) is 2.37. The van der Waals surface area contributed by atoms with Gasteiger partial charge in [-0.1, -0.05) is 23.7 Å². The van der Waals surface area contributed by atoms with Gasteiger partial charge in [0.15, 0.2) is 0 Å². The number of aryl methyl sites for hydroxylation is 2. The smallest absolute Gasteiger partial charge is 0.129 e. The minimum atomic E-state index is -0.856. The zero-order valence-electron chi connectivity index (χ0n) is 11.3. The van der Waals surface area contributed by atoms with E-state index in [9.17, 15) is 13.9 Å². The van der Waals surface area contributed by atoms with Gasteiger partial charge in [0.2, 0.25) is 0 Å². The van der Waals surface area contributed by atoms with Crippen LogP contribution in [0.4, 0.5) is 8.78 Å². The second-order valence-electron chi connectivity index (χ2n) is 4.91. The van der Waals surface area contributed by atoms with E-state index in [1.165, 1.54) is 12.1 Å². The molecule has 0 saturated carbocycles. The van der Waals surface area contributed by atoms with Gasteiger partial charge in [-0.05, 0) is 48.2 Å². The molecule has 1 atom stereocenters. The van der Waals surface area contributed by atoms with Crippen molar-refractivity contribution in [1.82, 2.24) is 0 Å². The molecule has 0 fully saturated rings. The minimum Gasteiger partial charge on any atom is -0.388 e. The summed E-state index contributed by atoms with van der Waals surface area (Å²) >= 11 is 6.01. The van der Waals surface area contributed by atoms with Crippen LogP contribution in [0.25, 0.3) is 0 Å². The first kappa shape index (κ1) is 14.9. The lowest BCUT2D eigenvalue weighted by molar-refractivity contribution is 0.176. The monoisotopic (exact) mass is 296 g/mol. The van der Waals surface area contributed by atoms with Crippen molar-refractivity contribution in [2.75, 3.05) is 0 Å². The minimum absolute atomic E-state index is 0.0913. The average molecular weight is 297 g/mol. The van der Waals surface area contributed by atoms with Crippen LogP contribution in [0.1, 0.15) is 28.4 Å². The molecule has 0 amide bonds. The molecule has 1 unspecified atom stereocenters. The Morgan fingerprint density at radius 1 is 1.10 bits per heavy atom. The number of benzene rings is 2. The van der Waals surface area contributed by atoms with Crippen molar-refractivity contribution < 1.29 is 13.9 Å². The topological polar surface area (TPSA) is 20.2 Å². The molecule has 106 valence electrons. The molecule has 0 spiro atoms. The second-order valence-corrected chi connectivity index (χ2v) is 5.32. The van der Waals surface area contributed by atoms with Crippen LogP contribution in [-0.2, 0) is 6.42 Å². The molecular weight excluding hydrogens is 282 g/mol. The summed E-state index contributed by atoms with van der Waals surface area (Å²) in [6.07, 6.45) is -0.764. The van der Waals surface area contributed by atoms with Gasteiger partial charge in [-0.25, -0.2) is 8.78 Å². The van der Waals surface area contributed by atoms with E-state index < -0.39 is 17.7 Å². The van der Waals surface area contributed by atoms with Crippen molar-refractivity contribution >= 4 is 11.6 Å². The predicted octanol–water partition coefficient (Wildman–Crippen LogP) is 4.51. The summed E-state index contributed by atoms with van der Waals surface area (Å²) in [6.45, 7) is 3.68. The highest BCUT2D eigenvalue weighted by Gasteiger charge is 2.15. The number of aliphatic hydroxyl groups is 1. The molecule has 4 heteroatoms. The first-order valence-electron chi connectivity index (χ1n) is 6.27. The molecular formula is C16H15ClF2O. The number of halogens is 3. The third-order valence-electron chi connectivity index (χ3n) is 3.33. The lowest BCUT2D eigenvalue weighted by Gasteiger charge is -2.16. The lowest BCUT2D eigenvalue weighted by atomic mass is 9.96. The summed E-state index contributed by atoms with van der Waals surface area (Å²) in [5.41, 5.74) is 2.68. The van der Waals surface area contributed by atoms with Gasteiger partial charge in [-0.2, -0.15) is 0 Å². The van der Waals surface area contributed by atoms with Gasteiger partial charge in [0, 0.05) is 17.5 Å². The quantitative estimate of drug-likeness (QED) is 0.883. The summed E-state index contributed by atoms with van der Waals surface area (Å²) in [7, 11) is 0. The zero-order valence-corrected chi connectivity index (χ0v) is 12.0. The van der Waals surface area contributed by atoms with Gasteiger partial charge >= 0.3 is 0 Å². The Morgan fingerprint density at radius 3 is 2.45 bits per heavy atom. The molecule has 1 N–H and O–H groups in total. The molecule has 0 heterocycles. The fourth-order valence-electron chi connectivity index (χ4n) is 2.17. The van der Waals surface area contributed by atoms with Crippen LogP contribution in [0.2, 0.25) is 5.02 Å². The standard InChI is InChI=1S/C16H15ClF2O/c1-9-6-14(17)10(2)5-13(9)16(20)7-11-3-4-12(18)8-15(11)19/h3-6,8,16,20H,7H2,1-2H3. The van der Waals surface area contributed by atoms with Crippen molar-refractivity contribution in [3.63, 3.8) is 0 Å². The molecule has 0 aliphatic carbocycles. The van der Waals surface area contributed by atoms with Crippen molar-refractivity contribution in [3.05, 3.63) is 69.2 Å². The summed E-state index contributed by atoms with van der Waals surface area (Å²) < 4.78 is 26.5. The highest BCUT2D eigenvalue weighted by molar-refractivity contribution is 6.31. The summed E-state index contributed by atoms with van der Waals surface area (Å²) in [5.74, 6) is -1.27. The predicted molar refractivity (Wildman–Crippen MR) is 75.9 cm³/mol. The van der Waals surface area contributed by atoms with Crippen LogP contribution in [0.15, 0.2) is 30.3 Å². The van der Waals surface area contributed by atoms with E-state index in [0.717, 1.165) is 17.2 Å². The lowest BCUT2D eigenvalue weighted by Crippen LogP contribution is -2.06. The first-order chi connectivity index (χ1) is 9.38. The van der Waals surface area contributed by atoms with E-state index in [0.29, 0.717) is 10.6 Å². The van der Waals surface area contributed by atoms with Crippen molar-refractivity contribution in [1.29, 1.82) is 0 Å². The molecule has 0 aliphatic rings. The molecule has 0 bridgehead atoms. The van der Waals surface area contributed by atoms with E-state index in [2.05, 4.69) is 0 Å². The molecule has 0 aliphatic heterocycles. The number of hydrogen-bond donors (Lipinski definition) is 1. The second kappa shape index (κ2) is 5.90. The van der Waals surface area contributed by atoms with Crippen molar-refractivity contribution in [3.8, 4) is 0 Å². The van der Waals surface area contributed by atoms with Crippen LogP contribution in [0.5, 0.6) is 0 Å². The first-order valence-corrected chi connectivity index (χ1v) is 6.65. The molecule has 0 aromatic heterocycles. The largest absolute Gasteiger partial charge is 0.388 e. The van der Waals surface area contributed by atoms with Gasteiger partial charge in [0.05, 0.1) is 6.10 Å². The van der Waals surface area contributed by atoms with Gasteiger partial charge in [-0.3, -0.25) is 0 Å². The maximum Gasteiger partial charge on any atom is 0.129 e. The molecule has 2 aromatic rings. The summed E-state index contributed by atoms with van der Waals surface area (Å²) in [4.78, 5) is 0. The Morgan fingerprint density at radius 2 is 1.80 bits per heavy atom. The maximum atomic E-state index is 13.6. The Balaban J connectivity index is 2.28. The number of hydrogen-bond acceptors (Lipinski definition) is 1. The fourth-order valence-corrected chi connectivity index (χ4v) is 2.39. The van der Waals surface area contributed by atoms with Crippen molar-refractivity contribution in [2.24, 2.45) is 0 Å². The van der Waals surface area contributed by atoms with Crippen LogP contribution in [-0.4, -0.2) is 5.11 Å². The summed E-state index contributed by atoms with van der Waals surface area (Å²) in [5, 5.41) is 10.9. The van der Waals surface area contributed by atoms with E-state index in [4.69, 9.17) is 11.6 Å². The third-order valence-corrected chi connectivity index (χ3v) is 3.74. The third kappa shape index (κ3) is 3.17. The number of aliphatic hydroxyl groups excluding tert-OH is 1. The van der Waals surface area contributed by atoms with Crippen LogP contribution in [0.3, 0.4) is 0 Å². The molecule has 2 rings (SSSR count). The van der Waals surface area contributed by atoms with Crippen LogP contribution < -0.4 is 0 Å². The van der Waals surface area contributed by atoms with Gasteiger partial charge < -0.3 is 5.11 Å². The van der Waals surface area contributed by atoms with E-state index in [-0.39, 0.29) is 12.0 Å². The van der Waals surface area contributed by atoms with Crippen molar-refractivity contribution in [2.45, 2.75) is 26.4 Å². The van der Waals surface area contributed by atoms with E-state index in [1.807, 2.05) is 13.8 Å².